The zero-order valence-corrected chi connectivity index (χ0v) is 17.3. The maximum absolute atomic E-state index is 12.5. The molecule has 160 valence electrons. The molecule has 0 atom stereocenters. The first-order chi connectivity index (χ1) is 14.2. The highest BCUT2D eigenvalue weighted by Crippen LogP contribution is 2.20. The summed E-state index contributed by atoms with van der Waals surface area (Å²) in [6.45, 7) is 0.846. The topological polar surface area (TPSA) is 123 Å². The zero-order valence-electron chi connectivity index (χ0n) is 16.5. The fraction of sp³-hybridized carbons (Fsp3) is 0.250. The van der Waals surface area contributed by atoms with E-state index in [0.29, 0.717) is 11.4 Å². The molecule has 2 rings (SSSR count). The predicted molar refractivity (Wildman–Crippen MR) is 111 cm³/mol. The van der Waals surface area contributed by atoms with Crippen molar-refractivity contribution < 1.29 is 32.6 Å². The summed E-state index contributed by atoms with van der Waals surface area (Å²) in [5.41, 5.74) is 1.16. The lowest BCUT2D eigenvalue weighted by atomic mass is 10.2. The number of carbonyl (C=O) groups excluding carboxylic acids is 1. The molecule has 0 saturated heterocycles. The second-order valence-electron chi connectivity index (χ2n) is 6.12. The average molecular weight is 434 g/mol. The van der Waals surface area contributed by atoms with Crippen LogP contribution in [0, 0.1) is 6.92 Å². The maximum atomic E-state index is 12.5. The molecule has 0 heterocycles. The predicted octanol–water partition coefficient (Wildman–Crippen LogP) is 2.53. The van der Waals surface area contributed by atoms with Crippen molar-refractivity contribution in [3.63, 3.8) is 0 Å². The van der Waals surface area contributed by atoms with Gasteiger partial charge in [-0.25, -0.2) is 18.1 Å². The van der Waals surface area contributed by atoms with Crippen LogP contribution in [0.5, 0.6) is 5.75 Å². The van der Waals surface area contributed by atoms with Gasteiger partial charge in [-0.05, 0) is 42.8 Å². The number of rotatable bonds is 9. The second-order valence-corrected chi connectivity index (χ2v) is 8.22. The number of amides is 1. The van der Waals surface area contributed by atoms with Crippen molar-refractivity contribution in [1.82, 2.24) is 0 Å². The van der Waals surface area contributed by atoms with Gasteiger partial charge in [-0.2, -0.15) is 0 Å². The van der Waals surface area contributed by atoms with Crippen LogP contribution < -0.4 is 9.64 Å². The third kappa shape index (κ3) is 6.31. The molecule has 9 nitrogen and oxygen atoms in total. The number of methoxy groups -OCH3 is 1. The fourth-order valence-electron chi connectivity index (χ4n) is 2.45. The van der Waals surface area contributed by atoms with Crippen molar-refractivity contribution in [2.24, 2.45) is 4.99 Å². The Balaban J connectivity index is 2.08. The van der Waals surface area contributed by atoms with E-state index in [2.05, 4.69) is 4.99 Å². The van der Waals surface area contributed by atoms with Gasteiger partial charge in [-0.3, -0.25) is 9.79 Å². The Morgan fingerprint density at radius 2 is 1.80 bits per heavy atom. The van der Waals surface area contributed by atoms with Crippen molar-refractivity contribution in [3.05, 3.63) is 54.1 Å². The number of aliphatic imine (C=N–C) groups is 1. The minimum Gasteiger partial charge on any atom is -0.497 e. The summed E-state index contributed by atoms with van der Waals surface area (Å²) >= 11 is 0. The normalized spacial score (nSPS) is 11.3. The summed E-state index contributed by atoms with van der Waals surface area (Å²) < 4.78 is 35.0. The number of para-hydroxylation sites is 1. The lowest BCUT2D eigenvalue weighted by molar-refractivity contribution is -0.135. The van der Waals surface area contributed by atoms with Crippen LogP contribution in [0.1, 0.15) is 5.56 Å². The van der Waals surface area contributed by atoms with Gasteiger partial charge in [0.25, 0.3) is 0 Å². The number of aliphatic carboxylic acids is 1. The monoisotopic (exact) mass is 434 g/mol. The van der Waals surface area contributed by atoms with Crippen LogP contribution in [0.15, 0.2) is 58.4 Å². The van der Waals surface area contributed by atoms with E-state index in [1.165, 1.54) is 31.4 Å². The molecule has 10 heteroatoms. The molecule has 0 unspecified atom stereocenters. The summed E-state index contributed by atoms with van der Waals surface area (Å²) in [6.07, 6.45) is 0.180. The van der Waals surface area contributed by atoms with Gasteiger partial charge >= 0.3 is 12.1 Å². The van der Waals surface area contributed by atoms with E-state index in [0.717, 1.165) is 16.8 Å². The molecule has 2 aromatic rings. The van der Waals surface area contributed by atoms with E-state index >= 15 is 0 Å². The number of carbonyl (C=O) groups is 2. The number of carboxylic acids is 1. The Hall–Kier alpha value is -3.40. The lowest BCUT2D eigenvalue weighted by Gasteiger charge is -2.19. The van der Waals surface area contributed by atoms with Gasteiger partial charge in [-0.15, -0.1) is 0 Å². The molecule has 0 radical (unpaired) electrons. The van der Waals surface area contributed by atoms with Gasteiger partial charge in [0, 0.05) is 0 Å². The Labute approximate surface area is 174 Å². The summed E-state index contributed by atoms with van der Waals surface area (Å²) in [6, 6.07) is 12.7. The fourth-order valence-corrected chi connectivity index (χ4v) is 3.54. The van der Waals surface area contributed by atoms with E-state index in [1.807, 2.05) is 0 Å². The molecule has 0 aliphatic rings. The number of hydrogen-bond donors (Lipinski definition) is 1. The highest BCUT2D eigenvalue weighted by Gasteiger charge is 2.20. The highest BCUT2D eigenvalue weighted by atomic mass is 32.2. The number of anilines is 1. The number of hydrogen-bond acceptors (Lipinski definition) is 7. The second kappa shape index (κ2) is 10.4. The molecule has 1 amide bonds. The largest absolute Gasteiger partial charge is 0.497 e. The van der Waals surface area contributed by atoms with Gasteiger partial charge < -0.3 is 14.6 Å². The van der Waals surface area contributed by atoms with Gasteiger partial charge in [0.15, 0.2) is 9.84 Å². The Kier molecular flexibility index (Phi) is 7.93. The molecule has 0 saturated carbocycles. The van der Waals surface area contributed by atoms with E-state index < -0.39 is 34.2 Å². The zero-order chi connectivity index (χ0) is 22.1. The van der Waals surface area contributed by atoms with E-state index in [4.69, 9.17) is 14.6 Å². The average Bonchev–Trinajstić information content (AvgIpc) is 2.71. The Morgan fingerprint density at radius 1 is 1.13 bits per heavy atom. The molecular weight excluding hydrogens is 412 g/mol. The number of carboxylic acid groups (broad SMARTS) is 1. The van der Waals surface area contributed by atoms with E-state index in [9.17, 15) is 18.0 Å². The minimum atomic E-state index is -3.67. The van der Waals surface area contributed by atoms with Crippen molar-refractivity contribution in [2.75, 3.05) is 30.9 Å². The first-order valence-electron chi connectivity index (χ1n) is 8.85. The first-order valence-corrected chi connectivity index (χ1v) is 10.5. The first kappa shape index (κ1) is 22.9. The van der Waals surface area contributed by atoms with Gasteiger partial charge in [0.2, 0.25) is 0 Å². The van der Waals surface area contributed by atoms with Crippen LogP contribution in [-0.2, 0) is 19.4 Å². The summed E-state index contributed by atoms with van der Waals surface area (Å²) in [7, 11) is -2.20. The lowest BCUT2D eigenvalue weighted by Crippen LogP contribution is -2.32. The van der Waals surface area contributed by atoms with Crippen LogP contribution in [0.2, 0.25) is 0 Å². The molecule has 0 bridgehead atoms. The van der Waals surface area contributed by atoms with E-state index in [-0.39, 0.29) is 11.5 Å². The molecule has 1 N–H and O–H groups in total. The van der Waals surface area contributed by atoms with Crippen LogP contribution in [-0.4, -0.2) is 57.9 Å². The summed E-state index contributed by atoms with van der Waals surface area (Å²) in [4.78, 5) is 28.0. The van der Waals surface area contributed by atoms with Gasteiger partial charge in [0.1, 0.15) is 25.2 Å². The molecule has 0 aromatic heterocycles. The molecule has 0 aliphatic carbocycles. The van der Waals surface area contributed by atoms with Crippen molar-refractivity contribution in [3.8, 4) is 5.75 Å². The molecule has 0 spiro atoms. The standard InChI is InChI=1S/C20H22N2O7S/c1-15-5-3-4-6-18(15)22(14-21-13-19(23)24)20(25)29-11-12-30(26,27)17-9-7-16(28-2)8-10-17/h3-10,14H,11-13H2,1-2H3,(H,23,24)/b21-14+. The van der Waals surface area contributed by atoms with Crippen molar-refractivity contribution >= 4 is 33.9 Å². The molecule has 2 aromatic carbocycles. The number of nitrogens with zero attached hydrogens (tertiary/aromatic N) is 2. The maximum Gasteiger partial charge on any atom is 0.419 e. The quantitative estimate of drug-likeness (QED) is 0.475. The van der Waals surface area contributed by atoms with Crippen LogP contribution in [0.3, 0.4) is 0 Å². The number of benzene rings is 2. The van der Waals surface area contributed by atoms with Crippen molar-refractivity contribution in [1.29, 1.82) is 0 Å². The SMILES string of the molecule is COc1ccc(S(=O)(=O)CCOC(=O)N(/C=N/CC(=O)O)c2ccccc2C)cc1. The highest BCUT2D eigenvalue weighted by molar-refractivity contribution is 7.91. The van der Waals surface area contributed by atoms with Crippen LogP contribution in [0.25, 0.3) is 0 Å². The Bertz CT molecular complexity index is 1020. The molecular formula is C20H22N2O7S. The van der Waals surface area contributed by atoms with Crippen LogP contribution >= 0.6 is 0 Å². The third-order valence-corrected chi connectivity index (χ3v) is 5.69. The third-order valence-electron chi connectivity index (χ3n) is 3.99. The number of sulfone groups is 1. The smallest absolute Gasteiger partial charge is 0.419 e. The Morgan fingerprint density at radius 3 is 2.40 bits per heavy atom. The summed E-state index contributed by atoms with van der Waals surface area (Å²) in [5.74, 6) is -1.05. The summed E-state index contributed by atoms with van der Waals surface area (Å²) in [5, 5.41) is 8.74. The number of aryl methyl sites for hydroxylation is 1. The van der Waals surface area contributed by atoms with Crippen molar-refractivity contribution in [2.45, 2.75) is 11.8 Å². The number of ether oxygens (including phenoxy) is 2. The van der Waals surface area contributed by atoms with Crippen LogP contribution in [0.4, 0.5) is 10.5 Å². The minimum absolute atomic E-state index is 0.0816. The molecule has 0 fully saturated rings. The molecule has 0 aliphatic heterocycles. The van der Waals surface area contributed by atoms with Gasteiger partial charge in [0.05, 0.1) is 23.4 Å². The molecule has 30 heavy (non-hydrogen) atoms. The van der Waals surface area contributed by atoms with E-state index in [1.54, 1.807) is 31.2 Å². The van der Waals surface area contributed by atoms with Gasteiger partial charge in [-0.1, -0.05) is 18.2 Å².